The summed E-state index contributed by atoms with van der Waals surface area (Å²) >= 11 is 0. The van der Waals surface area contributed by atoms with Gasteiger partial charge in [0.05, 0.1) is 11.5 Å². The van der Waals surface area contributed by atoms with E-state index in [0.29, 0.717) is 24.6 Å². The minimum Gasteiger partial charge on any atom is -0.352 e. The Balaban J connectivity index is 1.51. The number of hydrogen-bond donors (Lipinski definition) is 1. The molecule has 1 N–H and O–H groups in total. The van der Waals surface area contributed by atoms with Crippen molar-refractivity contribution < 1.29 is 17.7 Å². The topological polar surface area (TPSA) is 102 Å². The third-order valence-electron chi connectivity index (χ3n) is 3.66. The van der Waals surface area contributed by atoms with Crippen LogP contribution in [0, 0.1) is 0 Å². The lowest BCUT2D eigenvalue weighted by atomic mass is 10.2. The number of sulfone groups is 1. The molecule has 1 aromatic heterocycles. The highest BCUT2D eigenvalue weighted by Gasteiger charge is 2.28. The van der Waals surface area contributed by atoms with E-state index < -0.39 is 9.84 Å². The molecule has 1 unspecified atom stereocenters. The molecule has 2 heterocycles. The standard InChI is InChI=1S/C15H17N3O4S/c19-13(16-12-8-9-23(20,21)10-12)6-7-14-17-15(18-22-14)11-4-2-1-3-5-11/h1-5,12H,6-10H2,(H,16,19). The first-order valence-electron chi connectivity index (χ1n) is 7.40. The van der Waals surface area contributed by atoms with E-state index in [2.05, 4.69) is 15.5 Å². The minimum absolute atomic E-state index is 0.0253. The molecule has 1 saturated heterocycles. The van der Waals surface area contributed by atoms with Crippen LogP contribution < -0.4 is 5.32 Å². The normalized spacial score (nSPS) is 19.6. The van der Waals surface area contributed by atoms with Crippen LogP contribution in [0.15, 0.2) is 34.9 Å². The third-order valence-corrected chi connectivity index (χ3v) is 5.43. The van der Waals surface area contributed by atoms with Gasteiger partial charge in [0.15, 0.2) is 9.84 Å². The molecule has 3 rings (SSSR count). The maximum atomic E-state index is 11.9. The van der Waals surface area contributed by atoms with Crippen molar-refractivity contribution in [1.29, 1.82) is 0 Å². The third kappa shape index (κ3) is 4.16. The molecule has 0 aliphatic carbocycles. The predicted octanol–water partition coefficient (Wildman–Crippen LogP) is 0.972. The largest absolute Gasteiger partial charge is 0.352 e. The Morgan fingerprint density at radius 1 is 1.30 bits per heavy atom. The monoisotopic (exact) mass is 335 g/mol. The van der Waals surface area contributed by atoms with Gasteiger partial charge >= 0.3 is 0 Å². The van der Waals surface area contributed by atoms with Crippen molar-refractivity contribution >= 4 is 15.7 Å². The molecule has 2 aromatic rings. The summed E-state index contributed by atoms with van der Waals surface area (Å²) in [6, 6.07) is 9.14. The van der Waals surface area contributed by atoms with Crippen molar-refractivity contribution in [2.24, 2.45) is 0 Å². The Labute approximate surface area is 134 Å². The molecular weight excluding hydrogens is 318 g/mol. The van der Waals surface area contributed by atoms with Gasteiger partial charge in [-0.3, -0.25) is 4.79 Å². The van der Waals surface area contributed by atoms with Crippen LogP contribution in [0.4, 0.5) is 0 Å². The van der Waals surface area contributed by atoms with E-state index in [4.69, 9.17) is 4.52 Å². The maximum Gasteiger partial charge on any atom is 0.227 e. The summed E-state index contributed by atoms with van der Waals surface area (Å²) in [6.45, 7) is 0. The van der Waals surface area contributed by atoms with Crippen LogP contribution in [-0.4, -0.2) is 42.0 Å². The van der Waals surface area contributed by atoms with Gasteiger partial charge in [-0.15, -0.1) is 0 Å². The molecule has 1 atom stereocenters. The molecule has 0 saturated carbocycles. The van der Waals surface area contributed by atoms with Gasteiger partial charge in [0.1, 0.15) is 0 Å². The fourth-order valence-corrected chi connectivity index (χ4v) is 4.16. The highest BCUT2D eigenvalue weighted by Crippen LogP contribution is 2.15. The number of carbonyl (C=O) groups is 1. The molecule has 1 aliphatic rings. The summed E-state index contributed by atoms with van der Waals surface area (Å²) in [6.07, 6.45) is 0.991. The Hall–Kier alpha value is -2.22. The van der Waals surface area contributed by atoms with E-state index >= 15 is 0 Å². The second-order valence-electron chi connectivity index (χ2n) is 5.55. The molecule has 0 radical (unpaired) electrons. The Morgan fingerprint density at radius 3 is 2.78 bits per heavy atom. The molecule has 7 nitrogen and oxygen atoms in total. The molecule has 1 aromatic carbocycles. The fourth-order valence-electron chi connectivity index (χ4n) is 2.49. The Bertz CT molecular complexity index is 786. The first kappa shape index (κ1) is 15.7. The molecule has 0 bridgehead atoms. The number of aryl methyl sites for hydroxylation is 1. The van der Waals surface area contributed by atoms with Crippen molar-refractivity contribution in [2.45, 2.75) is 25.3 Å². The molecule has 1 fully saturated rings. The van der Waals surface area contributed by atoms with Crippen LogP contribution in [0.3, 0.4) is 0 Å². The predicted molar refractivity (Wildman–Crippen MR) is 83.3 cm³/mol. The number of nitrogens with one attached hydrogen (secondary N) is 1. The highest BCUT2D eigenvalue weighted by atomic mass is 32.2. The lowest BCUT2D eigenvalue weighted by Gasteiger charge is -2.09. The van der Waals surface area contributed by atoms with Crippen molar-refractivity contribution in [2.75, 3.05) is 11.5 Å². The van der Waals surface area contributed by atoms with E-state index in [9.17, 15) is 13.2 Å². The summed E-state index contributed by atoms with van der Waals surface area (Å²) in [7, 11) is -2.99. The number of aromatic nitrogens is 2. The second-order valence-corrected chi connectivity index (χ2v) is 7.77. The van der Waals surface area contributed by atoms with Crippen molar-refractivity contribution in [3.05, 3.63) is 36.2 Å². The van der Waals surface area contributed by atoms with Crippen LogP contribution in [-0.2, 0) is 21.1 Å². The molecule has 122 valence electrons. The van der Waals surface area contributed by atoms with Gasteiger partial charge in [0.25, 0.3) is 0 Å². The number of rotatable bonds is 5. The molecule has 8 heteroatoms. The lowest BCUT2D eigenvalue weighted by Crippen LogP contribution is -2.35. The van der Waals surface area contributed by atoms with Crippen LogP contribution in [0.25, 0.3) is 11.4 Å². The fraction of sp³-hybridized carbons (Fsp3) is 0.400. The van der Waals surface area contributed by atoms with Crippen molar-refractivity contribution in [3.8, 4) is 11.4 Å². The Kier molecular flexibility index (Phi) is 4.42. The van der Waals surface area contributed by atoms with Crippen LogP contribution in [0.2, 0.25) is 0 Å². The molecule has 1 amide bonds. The van der Waals surface area contributed by atoms with E-state index in [1.54, 1.807) is 0 Å². The summed E-state index contributed by atoms with van der Waals surface area (Å²) in [5, 5.41) is 6.62. The van der Waals surface area contributed by atoms with E-state index in [1.165, 1.54) is 0 Å². The SMILES string of the molecule is O=C(CCc1nc(-c2ccccc2)no1)NC1CCS(=O)(=O)C1. The van der Waals surface area contributed by atoms with Gasteiger partial charge in [-0.25, -0.2) is 8.42 Å². The Morgan fingerprint density at radius 2 is 2.09 bits per heavy atom. The maximum absolute atomic E-state index is 11.9. The smallest absolute Gasteiger partial charge is 0.227 e. The van der Waals surface area contributed by atoms with Crippen LogP contribution in [0.1, 0.15) is 18.7 Å². The zero-order valence-electron chi connectivity index (χ0n) is 12.4. The van der Waals surface area contributed by atoms with Crippen LogP contribution in [0.5, 0.6) is 0 Å². The van der Waals surface area contributed by atoms with Gasteiger partial charge in [-0.1, -0.05) is 35.5 Å². The second kappa shape index (κ2) is 6.49. The number of carbonyl (C=O) groups excluding carboxylic acids is 1. The van der Waals surface area contributed by atoms with E-state index in [-0.39, 0.29) is 29.9 Å². The summed E-state index contributed by atoms with van der Waals surface area (Å²) < 4.78 is 27.8. The van der Waals surface area contributed by atoms with Gasteiger partial charge in [-0.05, 0) is 6.42 Å². The number of hydrogen-bond acceptors (Lipinski definition) is 6. The van der Waals surface area contributed by atoms with Crippen molar-refractivity contribution in [3.63, 3.8) is 0 Å². The summed E-state index contributed by atoms with van der Waals surface area (Å²) in [5.41, 5.74) is 0.850. The summed E-state index contributed by atoms with van der Waals surface area (Å²) in [4.78, 5) is 16.1. The first-order valence-corrected chi connectivity index (χ1v) is 9.22. The summed E-state index contributed by atoms with van der Waals surface area (Å²) in [5.74, 6) is 0.840. The highest BCUT2D eigenvalue weighted by molar-refractivity contribution is 7.91. The average molecular weight is 335 g/mol. The first-order chi connectivity index (χ1) is 11.0. The van der Waals surface area contributed by atoms with Gasteiger partial charge in [0.2, 0.25) is 17.6 Å². The molecule has 1 aliphatic heterocycles. The van der Waals surface area contributed by atoms with Gasteiger partial charge in [-0.2, -0.15) is 4.98 Å². The molecular formula is C15H17N3O4S. The van der Waals surface area contributed by atoms with Crippen LogP contribution >= 0.6 is 0 Å². The molecule has 23 heavy (non-hydrogen) atoms. The zero-order chi connectivity index (χ0) is 16.3. The quantitative estimate of drug-likeness (QED) is 0.873. The number of benzene rings is 1. The van der Waals surface area contributed by atoms with E-state index in [1.807, 2.05) is 30.3 Å². The van der Waals surface area contributed by atoms with Gasteiger partial charge < -0.3 is 9.84 Å². The van der Waals surface area contributed by atoms with E-state index in [0.717, 1.165) is 5.56 Å². The number of nitrogens with zero attached hydrogens (tertiary/aromatic N) is 2. The lowest BCUT2D eigenvalue weighted by molar-refractivity contribution is -0.121. The van der Waals surface area contributed by atoms with Crippen molar-refractivity contribution in [1.82, 2.24) is 15.5 Å². The average Bonchev–Trinajstić information content (AvgIpc) is 3.13. The molecule has 0 spiro atoms. The minimum atomic E-state index is -2.99. The number of amides is 1. The van der Waals surface area contributed by atoms with Gasteiger partial charge in [0, 0.05) is 24.4 Å². The zero-order valence-corrected chi connectivity index (χ0v) is 13.3.